The van der Waals surface area contributed by atoms with E-state index in [1.807, 2.05) is 60.7 Å². The smallest absolute Gasteiger partial charge is 0.270 e. The summed E-state index contributed by atoms with van der Waals surface area (Å²) >= 11 is 0. The zero-order valence-electron chi connectivity index (χ0n) is 27.5. The SMILES string of the molecule is CCN(CC)CCCn1c(-c2cccc(Oc3ccc(C(C)(C)C)cc3)c2)nc2cc3[nH]c(=O)c(Cc4ccccc4)nc3cc21. The summed E-state index contributed by atoms with van der Waals surface area (Å²) in [4.78, 5) is 28.5. The van der Waals surface area contributed by atoms with Crippen LogP contribution in [0.25, 0.3) is 33.5 Å². The van der Waals surface area contributed by atoms with Crippen LogP contribution in [0.3, 0.4) is 0 Å². The first kappa shape index (κ1) is 31.2. The van der Waals surface area contributed by atoms with E-state index in [1.165, 1.54) is 5.56 Å². The fourth-order valence-corrected chi connectivity index (χ4v) is 5.95. The first-order valence-electron chi connectivity index (χ1n) is 16.3. The van der Waals surface area contributed by atoms with Gasteiger partial charge in [0.2, 0.25) is 0 Å². The molecule has 46 heavy (non-hydrogen) atoms. The lowest BCUT2D eigenvalue weighted by atomic mass is 9.87. The topological polar surface area (TPSA) is 76.0 Å². The average molecular weight is 614 g/mol. The third kappa shape index (κ3) is 6.90. The molecule has 2 heterocycles. The molecule has 0 amide bonds. The zero-order chi connectivity index (χ0) is 32.3. The summed E-state index contributed by atoms with van der Waals surface area (Å²) in [6, 6.07) is 30.4. The van der Waals surface area contributed by atoms with E-state index >= 15 is 0 Å². The van der Waals surface area contributed by atoms with Gasteiger partial charge in [-0.2, -0.15) is 0 Å². The van der Waals surface area contributed by atoms with Crippen LogP contribution in [-0.2, 0) is 18.4 Å². The molecular weight excluding hydrogens is 570 g/mol. The number of nitrogens with one attached hydrogen (secondary N) is 1. The number of benzene rings is 4. The maximum atomic E-state index is 13.0. The molecule has 0 unspecified atom stereocenters. The summed E-state index contributed by atoms with van der Waals surface area (Å²) in [5.41, 5.74) is 6.96. The highest BCUT2D eigenvalue weighted by molar-refractivity contribution is 5.93. The molecule has 0 aliphatic rings. The van der Waals surface area contributed by atoms with E-state index in [0.717, 1.165) is 77.6 Å². The van der Waals surface area contributed by atoms with Crippen molar-refractivity contribution in [1.29, 1.82) is 0 Å². The second kappa shape index (κ2) is 13.3. The molecule has 0 fully saturated rings. The van der Waals surface area contributed by atoms with Gasteiger partial charge in [0.05, 0.1) is 22.1 Å². The Bertz CT molecular complexity index is 2000. The van der Waals surface area contributed by atoms with Crippen molar-refractivity contribution in [2.24, 2.45) is 0 Å². The molecule has 6 aromatic rings. The number of aromatic amines is 1. The number of hydrogen-bond donors (Lipinski definition) is 1. The number of aryl methyl sites for hydroxylation is 1. The third-order valence-electron chi connectivity index (χ3n) is 8.64. The largest absolute Gasteiger partial charge is 0.457 e. The highest BCUT2D eigenvalue weighted by atomic mass is 16.5. The van der Waals surface area contributed by atoms with Crippen molar-refractivity contribution in [2.75, 3.05) is 19.6 Å². The van der Waals surface area contributed by atoms with Crippen molar-refractivity contribution in [3.63, 3.8) is 0 Å². The lowest BCUT2D eigenvalue weighted by Gasteiger charge is -2.19. The number of imidazole rings is 1. The van der Waals surface area contributed by atoms with E-state index < -0.39 is 0 Å². The molecule has 6 rings (SSSR count). The predicted octanol–water partition coefficient (Wildman–Crippen LogP) is 8.35. The van der Waals surface area contributed by atoms with E-state index in [9.17, 15) is 4.79 Å². The van der Waals surface area contributed by atoms with Gasteiger partial charge < -0.3 is 19.2 Å². The quantitative estimate of drug-likeness (QED) is 0.159. The second-order valence-electron chi connectivity index (χ2n) is 12.9. The van der Waals surface area contributed by atoms with Crippen molar-refractivity contribution in [3.05, 3.63) is 118 Å². The summed E-state index contributed by atoms with van der Waals surface area (Å²) in [6.45, 7) is 14.9. The second-order valence-corrected chi connectivity index (χ2v) is 12.9. The number of nitrogens with zero attached hydrogens (tertiary/aromatic N) is 4. The highest BCUT2D eigenvalue weighted by Crippen LogP contribution is 2.32. The van der Waals surface area contributed by atoms with Crippen LogP contribution in [0.4, 0.5) is 0 Å². The van der Waals surface area contributed by atoms with Gasteiger partial charge in [0.25, 0.3) is 5.56 Å². The van der Waals surface area contributed by atoms with Gasteiger partial charge >= 0.3 is 0 Å². The standard InChI is InChI=1S/C39H43N5O2/c1-6-43(7-2)21-12-22-44-36-26-33-32(42-38(45)35(40-33)23-27-13-9-8-10-14-27)25-34(36)41-37(44)28-15-11-16-31(24-28)46-30-19-17-29(18-20-30)39(3,4)5/h8-11,13-20,24-26H,6-7,12,21-23H2,1-5H3,(H,42,45). The molecule has 0 radical (unpaired) electrons. The number of H-pyrrole nitrogens is 1. The fourth-order valence-electron chi connectivity index (χ4n) is 5.95. The zero-order valence-corrected chi connectivity index (χ0v) is 27.5. The van der Waals surface area contributed by atoms with Crippen LogP contribution < -0.4 is 10.3 Å². The van der Waals surface area contributed by atoms with Gasteiger partial charge in [-0.05, 0) is 79.0 Å². The van der Waals surface area contributed by atoms with Crippen molar-refractivity contribution in [2.45, 2.75) is 59.4 Å². The maximum absolute atomic E-state index is 13.0. The lowest BCUT2D eigenvalue weighted by Crippen LogP contribution is -2.24. The molecule has 0 aliphatic heterocycles. The van der Waals surface area contributed by atoms with Gasteiger partial charge in [0.15, 0.2) is 0 Å². The molecule has 236 valence electrons. The van der Waals surface area contributed by atoms with Crippen LogP contribution in [0.5, 0.6) is 11.5 Å². The molecule has 0 bridgehead atoms. The van der Waals surface area contributed by atoms with Crippen LogP contribution in [0.15, 0.2) is 95.8 Å². The molecule has 2 aromatic heterocycles. The minimum atomic E-state index is -0.171. The Labute approximate surface area is 270 Å². The predicted molar refractivity (Wildman–Crippen MR) is 188 cm³/mol. The van der Waals surface area contributed by atoms with Crippen molar-refractivity contribution < 1.29 is 4.74 Å². The minimum Gasteiger partial charge on any atom is -0.457 e. The Morgan fingerprint density at radius 2 is 1.59 bits per heavy atom. The number of fused-ring (bicyclic) bond motifs is 2. The molecule has 1 N–H and O–H groups in total. The first-order valence-corrected chi connectivity index (χ1v) is 16.3. The van der Waals surface area contributed by atoms with Crippen LogP contribution in [0.1, 0.15) is 57.9 Å². The molecule has 0 spiro atoms. The molecular formula is C39H43N5O2. The summed E-state index contributed by atoms with van der Waals surface area (Å²) in [6.07, 6.45) is 1.46. The summed E-state index contributed by atoms with van der Waals surface area (Å²) in [5.74, 6) is 2.42. The van der Waals surface area contributed by atoms with Gasteiger partial charge in [-0.25, -0.2) is 9.97 Å². The average Bonchev–Trinajstić information content (AvgIpc) is 3.40. The van der Waals surface area contributed by atoms with E-state index in [-0.39, 0.29) is 11.0 Å². The normalized spacial score (nSPS) is 12.0. The number of rotatable bonds is 11. The van der Waals surface area contributed by atoms with Crippen LogP contribution >= 0.6 is 0 Å². The third-order valence-corrected chi connectivity index (χ3v) is 8.64. The van der Waals surface area contributed by atoms with Crippen LogP contribution in [-0.4, -0.2) is 44.1 Å². The minimum absolute atomic E-state index is 0.0830. The molecule has 7 heteroatoms. The highest BCUT2D eigenvalue weighted by Gasteiger charge is 2.17. The Hall–Kier alpha value is -4.75. The summed E-state index contributed by atoms with van der Waals surface area (Å²) in [7, 11) is 0. The number of aromatic nitrogens is 4. The Morgan fingerprint density at radius 1 is 0.826 bits per heavy atom. The number of ether oxygens (including phenoxy) is 1. The molecule has 0 aliphatic carbocycles. The number of hydrogen-bond acceptors (Lipinski definition) is 5. The van der Waals surface area contributed by atoms with Crippen LogP contribution in [0, 0.1) is 0 Å². The van der Waals surface area contributed by atoms with Gasteiger partial charge in [0.1, 0.15) is 23.0 Å². The van der Waals surface area contributed by atoms with Gasteiger partial charge in [0, 0.05) is 18.5 Å². The van der Waals surface area contributed by atoms with Gasteiger partial charge in [-0.1, -0.05) is 89.2 Å². The monoisotopic (exact) mass is 613 g/mol. The van der Waals surface area contributed by atoms with Crippen LogP contribution in [0.2, 0.25) is 0 Å². The van der Waals surface area contributed by atoms with Gasteiger partial charge in [-0.3, -0.25) is 4.79 Å². The van der Waals surface area contributed by atoms with E-state index in [1.54, 1.807) is 0 Å². The fraction of sp³-hybridized carbons (Fsp3) is 0.308. The Kier molecular flexibility index (Phi) is 9.04. The molecule has 0 atom stereocenters. The van der Waals surface area contributed by atoms with Crippen molar-refractivity contribution >= 4 is 22.1 Å². The lowest BCUT2D eigenvalue weighted by molar-refractivity contribution is 0.294. The molecule has 0 saturated carbocycles. The summed E-state index contributed by atoms with van der Waals surface area (Å²) < 4.78 is 8.60. The Morgan fingerprint density at radius 3 is 2.30 bits per heavy atom. The molecule has 7 nitrogen and oxygen atoms in total. The maximum Gasteiger partial charge on any atom is 0.270 e. The van der Waals surface area contributed by atoms with E-state index in [4.69, 9.17) is 14.7 Å². The summed E-state index contributed by atoms with van der Waals surface area (Å²) in [5, 5.41) is 0. The first-order chi connectivity index (χ1) is 22.2. The van der Waals surface area contributed by atoms with E-state index in [0.29, 0.717) is 17.6 Å². The van der Waals surface area contributed by atoms with Crippen molar-refractivity contribution in [3.8, 4) is 22.9 Å². The molecule has 4 aromatic carbocycles. The van der Waals surface area contributed by atoms with Gasteiger partial charge in [-0.15, -0.1) is 0 Å². The Balaban J connectivity index is 1.38. The van der Waals surface area contributed by atoms with Crippen molar-refractivity contribution in [1.82, 2.24) is 24.4 Å². The van der Waals surface area contributed by atoms with E-state index in [2.05, 4.69) is 79.4 Å². The molecule has 0 saturated heterocycles.